The van der Waals surface area contributed by atoms with Crippen molar-refractivity contribution >= 4 is 22.6 Å². The van der Waals surface area contributed by atoms with E-state index >= 15 is 0 Å². The molecule has 2 heteroatoms. The molecule has 0 heterocycles. The highest BCUT2D eigenvalue weighted by molar-refractivity contribution is 14.1. The predicted octanol–water partition coefficient (Wildman–Crippen LogP) is 7.05. The zero-order valence-electron chi connectivity index (χ0n) is 13.7. The van der Waals surface area contributed by atoms with Gasteiger partial charge in [0.05, 0.1) is 0 Å². The van der Waals surface area contributed by atoms with Crippen molar-refractivity contribution in [1.82, 2.24) is 0 Å². The van der Waals surface area contributed by atoms with E-state index in [-0.39, 0.29) is 5.82 Å². The van der Waals surface area contributed by atoms with Gasteiger partial charge in [-0.3, -0.25) is 0 Å². The highest BCUT2D eigenvalue weighted by atomic mass is 127. The third kappa shape index (κ3) is 3.86. The van der Waals surface area contributed by atoms with Crippen molar-refractivity contribution in [2.24, 2.45) is 0 Å². The van der Waals surface area contributed by atoms with Crippen LogP contribution in [0.5, 0.6) is 0 Å². The Labute approximate surface area is 156 Å². The lowest BCUT2D eigenvalue weighted by Gasteiger charge is -2.13. The molecule has 0 radical (unpaired) electrons. The number of hydrogen-bond acceptors (Lipinski definition) is 0. The standard InChI is InChI=1S/C22H20FI/c1-2-4-16-7-10-18(11-8-16)22-13-17(15-24)9-12-21(22)19-5-3-6-20(23)14-19/h3,5-14H,2,4,15H2,1H3. The lowest BCUT2D eigenvalue weighted by atomic mass is 9.92. The topological polar surface area (TPSA) is 0 Å². The lowest BCUT2D eigenvalue weighted by Crippen LogP contribution is -1.90. The van der Waals surface area contributed by atoms with E-state index in [1.54, 1.807) is 12.1 Å². The molecule has 0 nitrogen and oxygen atoms in total. The number of hydrogen-bond donors (Lipinski definition) is 0. The first-order valence-electron chi connectivity index (χ1n) is 8.25. The molecule has 3 aromatic carbocycles. The van der Waals surface area contributed by atoms with Crippen molar-refractivity contribution in [2.45, 2.75) is 24.2 Å². The molecular weight excluding hydrogens is 410 g/mol. The quantitative estimate of drug-likeness (QED) is 0.301. The highest BCUT2D eigenvalue weighted by Gasteiger charge is 2.09. The van der Waals surface area contributed by atoms with Crippen LogP contribution in [0.15, 0.2) is 66.7 Å². The number of benzene rings is 3. The van der Waals surface area contributed by atoms with E-state index in [2.05, 4.69) is 72.0 Å². The summed E-state index contributed by atoms with van der Waals surface area (Å²) < 4.78 is 14.6. The summed E-state index contributed by atoms with van der Waals surface area (Å²) in [5.74, 6) is -0.199. The second kappa shape index (κ2) is 7.93. The molecule has 0 aliphatic rings. The molecule has 0 saturated heterocycles. The first-order valence-corrected chi connectivity index (χ1v) is 9.78. The van der Waals surface area contributed by atoms with Crippen molar-refractivity contribution in [3.63, 3.8) is 0 Å². The van der Waals surface area contributed by atoms with Crippen molar-refractivity contribution in [3.8, 4) is 22.3 Å². The smallest absolute Gasteiger partial charge is 0.123 e. The van der Waals surface area contributed by atoms with Gasteiger partial charge in [0.2, 0.25) is 0 Å². The highest BCUT2D eigenvalue weighted by Crippen LogP contribution is 2.34. The van der Waals surface area contributed by atoms with Gasteiger partial charge in [-0.25, -0.2) is 4.39 Å². The van der Waals surface area contributed by atoms with Gasteiger partial charge in [-0.1, -0.05) is 84.5 Å². The monoisotopic (exact) mass is 430 g/mol. The molecule has 3 aromatic rings. The van der Waals surface area contributed by atoms with E-state index in [4.69, 9.17) is 0 Å². The summed E-state index contributed by atoms with van der Waals surface area (Å²) in [4.78, 5) is 0. The summed E-state index contributed by atoms with van der Waals surface area (Å²) in [6.45, 7) is 2.19. The van der Waals surface area contributed by atoms with Crippen LogP contribution in [0.2, 0.25) is 0 Å². The Hall–Kier alpha value is -1.68. The van der Waals surface area contributed by atoms with Gasteiger partial charge in [0.15, 0.2) is 0 Å². The lowest BCUT2D eigenvalue weighted by molar-refractivity contribution is 0.628. The largest absolute Gasteiger partial charge is 0.207 e. The SMILES string of the molecule is CCCc1ccc(-c2cc(CI)ccc2-c2cccc(F)c2)cc1. The van der Waals surface area contributed by atoms with Crippen molar-refractivity contribution in [3.05, 3.63) is 83.7 Å². The van der Waals surface area contributed by atoms with Gasteiger partial charge in [-0.05, 0) is 58.0 Å². The first-order chi connectivity index (χ1) is 11.7. The van der Waals surface area contributed by atoms with Crippen LogP contribution < -0.4 is 0 Å². The Morgan fingerprint density at radius 2 is 1.54 bits per heavy atom. The van der Waals surface area contributed by atoms with E-state index in [9.17, 15) is 4.39 Å². The maximum absolute atomic E-state index is 13.7. The van der Waals surface area contributed by atoms with Crippen molar-refractivity contribution in [1.29, 1.82) is 0 Å². The fourth-order valence-corrected chi connectivity index (χ4v) is 3.44. The van der Waals surface area contributed by atoms with Crippen LogP contribution in [0.4, 0.5) is 4.39 Å². The van der Waals surface area contributed by atoms with Crippen LogP contribution in [-0.2, 0) is 10.8 Å². The molecule has 0 N–H and O–H groups in total. The molecule has 3 rings (SSSR count). The zero-order chi connectivity index (χ0) is 16.9. The summed E-state index contributed by atoms with van der Waals surface area (Å²) >= 11 is 2.38. The van der Waals surface area contributed by atoms with Gasteiger partial charge < -0.3 is 0 Å². The summed E-state index contributed by atoms with van der Waals surface area (Å²) in [5.41, 5.74) is 6.98. The minimum atomic E-state index is -0.199. The summed E-state index contributed by atoms with van der Waals surface area (Å²) in [7, 11) is 0. The van der Waals surface area contributed by atoms with E-state index in [0.29, 0.717) is 0 Å². The van der Waals surface area contributed by atoms with Crippen LogP contribution in [-0.4, -0.2) is 0 Å². The normalized spacial score (nSPS) is 10.8. The number of rotatable bonds is 5. The average Bonchev–Trinajstić information content (AvgIpc) is 2.62. The van der Waals surface area contributed by atoms with Crippen molar-refractivity contribution < 1.29 is 4.39 Å². The van der Waals surface area contributed by atoms with E-state index in [0.717, 1.165) is 34.0 Å². The number of halogens is 2. The molecule has 0 aromatic heterocycles. The molecule has 0 bridgehead atoms. The Morgan fingerprint density at radius 3 is 2.21 bits per heavy atom. The molecule has 0 atom stereocenters. The van der Waals surface area contributed by atoms with Crippen LogP contribution in [0.3, 0.4) is 0 Å². The minimum Gasteiger partial charge on any atom is -0.207 e. The molecular formula is C22H20FI. The molecule has 0 saturated carbocycles. The zero-order valence-corrected chi connectivity index (χ0v) is 15.9. The molecule has 0 amide bonds. The molecule has 0 unspecified atom stereocenters. The first kappa shape index (κ1) is 17.2. The second-order valence-electron chi connectivity index (χ2n) is 5.97. The molecule has 0 spiro atoms. The van der Waals surface area contributed by atoms with E-state index in [1.165, 1.54) is 22.8 Å². The Balaban J connectivity index is 2.10. The number of aryl methyl sites for hydroxylation is 1. The average molecular weight is 430 g/mol. The van der Waals surface area contributed by atoms with Gasteiger partial charge in [-0.2, -0.15) is 0 Å². The Morgan fingerprint density at radius 1 is 0.792 bits per heavy atom. The molecule has 0 aliphatic heterocycles. The van der Waals surface area contributed by atoms with Gasteiger partial charge in [0.1, 0.15) is 5.82 Å². The maximum Gasteiger partial charge on any atom is 0.123 e. The Kier molecular flexibility index (Phi) is 5.67. The van der Waals surface area contributed by atoms with Crippen molar-refractivity contribution in [2.75, 3.05) is 0 Å². The third-order valence-corrected chi connectivity index (χ3v) is 5.06. The third-order valence-electron chi connectivity index (χ3n) is 4.18. The van der Waals surface area contributed by atoms with Crippen LogP contribution in [0, 0.1) is 5.82 Å². The van der Waals surface area contributed by atoms with Crippen LogP contribution in [0.1, 0.15) is 24.5 Å². The summed E-state index contributed by atoms with van der Waals surface area (Å²) in [6, 6.07) is 22.1. The fraction of sp³-hybridized carbons (Fsp3) is 0.182. The van der Waals surface area contributed by atoms with Gasteiger partial charge >= 0.3 is 0 Å². The maximum atomic E-state index is 13.7. The van der Waals surface area contributed by atoms with Gasteiger partial charge in [0.25, 0.3) is 0 Å². The minimum absolute atomic E-state index is 0.199. The van der Waals surface area contributed by atoms with E-state index in [1.807, 2.05) is 6.07 Å². The molecule has 0 aliphatic carbocycles. The van der Waals surface area contributed by atoms with Crippen LogP contribution in [0.25, 0.3) is 22.3 Å². The Bertz CT molecular complexity index is 822. The molecule has 122 valence electrons. The fourth-order valence-electron chi connectivity index (χ4n) is 2.96. The molecule has 0 fully saturated rings. The summed E-state index contributed by atoms with van der Waals surface area (Å²) in [6.07, 6.45) is 2.25. The second-order valence-corrected chi connectivity index (χ2v) is 6.73. The summed E-state index contributed by atoms with van der Waals surface area (Å²) in [5, 5.41) is 0. The number of alkyl halides is 1. The van der Waals surface area contributed by atoms with Gasteiger partial charge in [-0.15, -0.1) is 0 Å². The van der Waals surface area contributed by atoms with Crippen LogP contribution >= 0.6 is 22.6 Å². The van der Waals surface area contributed by atoms with E-state index < -0.39 is 0 Å². The predicted molar refractivity (Wildman–Crippen MR) is 109 cm³/mol. The van der Waals surface area contributed by atoms with Gasteiger partial charge in [0, 0.05) is 4.43 Å². The molecule has 24 heavy (non-hydrogen) atoms.